The third kappa shape index (κ3) is 6.77. The average molecular weight is 510 g/mol. The van der Waals surface area contributed by atoms with Gasteiger partial charge in [-0.05, 0) is 56.9 Å². The average Bonchev–Trinajstić information content (AvgIpc) is 3.17. The van der Waals surface area contributed by atoms with Crippen molar-refractivity contribution in [3.05, 3.63) is 83.4 Å². The molecule has 1 fully saturated rings. The first-order chi connectivity index (χ1) is 17.1. The number of aliphatic hydroxyl groups is 1. The van der Waals surface area contributed by atoms with Gasteiger partial charge in [-0.15, -0.1) is 11.8 Å². The number of carbonyl (C=O) groups excluding carboxylic acids is 3. The van der Waals surface area contributed by atoms with E-state index in [9.17, 15) is 19.5 Å². The number of nitrogens with zero attached hydrogens (tertiary/aromatic N) is 1. The molecule has 0 radical (unpaired) electrons. The summed E-state index contributed by atoms with van der Waals surface area (Å²) in [4.78, 5) is 40.6. The van der Waals surface area contributed by atoms with Gasteiger partial charge in [-0.25, -0.2) is 0 Å². The monoisotopic (exact) mass is 509 g/mol. The topological polar surface area (TPSA) is 98.7 Å². The highest BCUT2D eigenvalue weighted by molar-refractivity contribution is 8.00. The van der Waals surface area contributed by atoms with Crippen molar-refractivity contribution in [2.45, 2.75) is 63.6 Å². The molecule has 0 bridgehead atoms. The second-order valence-electron chi connectivity index (χ2n) is 9.48. The molecule has 0 spiro atoms. The zero-order chi connectivity index (χ0) is 26.3. The van der Waals surface area contributed by atoms with Gasteiger partial charge in [0.15, 0.2) is 6.10 Å². The summed E-state index contributed by atoms with van der Waals surface area (Å²) >= 11 is 1.49. The van der Waals surface area contributed by atoms with Crippen molar-refractivity contribution < 1.29 is 19.5 Å². The Kier molecular flexibility index (Phi) is 9.34. The maximum atomic E-state index is 13.6. The van der Waals surface area contributed by atoms with Crippen LogP contribution in [0.4, 0.5) is 0 Å². The molecule has 0 aliphatic carbocycles. The van der Waals surface area contributed by atoms with E-state index in [-0.39, 0.29) is 18.2 Å². The van der Waals surface area contributed by atoms with Crippen molar-refractivity contribution in [1.82, 2.24) is 15.5 Å². The summed E-state index contributed by atoms with van der Waals surface area (Å²) in [5, 5.41) is 16.9. The molecule has 2 aromatic carbocycles. The van der Waals surface area contributed by atoms with Crippen molar-refractivity contribution in [2.75, 3.05) is 5.88 Å². The summed E-state index contributed by atoms with van der Waals surface area (Å²) in [7, 11) is 0. The molecular weight excluding hydrogens is 474 g/mol. The number of nitrogens with one attached hydrogen (secondary N) is 2. The molecule has 1 saturated heterocycles. The van der Waals surface area contributed by atoms with E-state index in [0.717, 1.165) is 16.7 Å². The van der Waals surface area contributed by atoms with Gasteiger partial charge >= 0.3 is 0 Å². The zero-order valence-electron chi connectivity index (χ0n) is 21.2. The first-order valence-electron chi connectivity index (χ1n) is 12.1. The van der Waals surface area contributed by atoms with Crippen LogP contribution < -0.4 is 10.6 Å². The maximum absolute atomic E-state index is 13.6. The minimum Gasteiger partial charge on any atom is -0.381 e. The zero-order valence-corrected chi connectivity index (χ0v) is 22.0. The van der Waals surface area contributed by atoms with Gasteiger partial charge in [0.25, 0.3) is 5.91 Å². The van der Waals surface area contributed by atoms with Crippen LogP contribution in [0.3, 0.4) is 0 Å². The molecule has 3 atom stereocenters. The Bertz CT molecular complexity index is 1100. The molecule has 3 rings (SSSR count). The summed E-state index contributed by atoms with van der Waals surface area (Å²) in [5.41, 5.74) is 2.95. The Balaban J connectivity index is 1.78. The van der Waals surface area contributed by atoms with E-state index in [0.29, 0.717) is 6.54 Å². The molecular formula is C28H35N3O4S. The lowest BCUT2D eigenvalue weighted by Crippen LogP contribution is -2.58. The van der Waals surface area contributed by atoms with Crippen LogP contribution in [0.1, 0.15) is 37.5 Å². The fourth-order valence-corrected chi connectivity index (χ4v) is 5.47. The molecule has 0 aromatic heterocycles. The summed E-state index contributed by atoms with van der Waals surface area (Å²) in [6.45, 7) is 7.90. The number of hydrogen-bond acceptors (Lipinski definition) is 5. The predicted octanol–water partition coefficient (Wildman–Crippen LogP) is 2.96. The molecule has 3 N–H and O–H groups in total. The highest BCUT2D eigenvalue weighted by Crippen LogP contribution is 2.40. The molecule has 2 aromatic rings. The molecule has 36 heavy (non-hydrogen) atoms. The van der Waals surface area contributed by atoms with Gasteiger partial charge in [-0.2, -0.15) is 0 Å². The molecule has 1 heterocycles. The Hall–Kier alpha value is -3.10. The predicted molar refractivity (Wildman–Crippen MR) is 143 cm³/mol. The Morgan fingerprint density at radius 3 is 2.47 bits per heavy atom. The highest BCUT2D eigenvalue weighted by Gasteiger charge is 2.49. The lowest BCUT2D eigenvalue weighted by molar-refractivity contribution is -0.147. The van der Waals surface area contributed by atoms with E-state index in [1.807, 2.05) is 75.4 Å². The van der Waals surface area contributed by atoms with Crippen LogP contribution in [0.15, 0.2) is 66.7 Å². The minimum absolute atomic E-state index is 0.269. The number of allylic oxidation sites excluding steroid dienone is 1. The van der Waals surface area contributed by atoms with E-state index in [4.69, 9.17) is 0 Å². The maximum Gasteiger partial charge on any atom is 0.254 e. The molecule has 0 unspecified atom stereocenters. The van der Waals surface area contributed by atoms with Gasteiger partial charge in [-0.3, -0.25) is 14.4 Å². The van der Waals surface area contributed by atoms with E-state index in [1.54, 1.807) is 13.0 Å². The van der Waals surface area contributed by atoms with E-state index in [2.05, 4.69) is 10.6 Å². The quantitative estimate of drug-likeness (QED) is 0.452. The van der Waals surface area contributed by atoms with E-state index < -0.39 is 34.7 Å². The van der Waals surface area contributed by atoms with Gasteiger partial charge in [0.1, 0.15) is 6.04 Å². The van der Waals surface area contributed by atoms with Crippen LogP contribution >= 0.6 is 11.8 Å². The van der Waals surface area contributed by atoms with Crippen LogP contribution in [-0.4, -0.2) is 56.5 Å². The van der Waals surface area contributed by atoms with Gasteiger partial charge < -0.3 is 20.6 Å². The standard InChI is InChI=1S/C28H35N3O4S/c1-5-11-23(32)30-22(16-20-13-7-6-8-14-20)24(33)27(35)31-18-36-28(3,4)25(31)26(34)29-17-21-15-10-9-12-19(21)2/h5-15,22,24-25,33H,16-18H2,1-4H3,(H,29,34)(H,30,32)/t22-,24-,25+/m0/s1. The third-order valence-electron chi connectivity index (χ3n) is 6.37. The summed E-state index contributed by atoms with van der Waals surface area (Å²) < 4.78 is -0.547. The lowest BCUT2D eigenvalue weighted by atomic mass is 9.97. The van der Waals surface area contributed by atoms with Crippen LogP contribution in [0.2, 0.25) is 0 Å². The van der Waals surface area contributed by atoms with Crippen molar-refractivity contribution in [3.8, 4) is 0 Å². The van der Waals surface area contributed by atoms with Crippen molar-refractivity contribution in [1.29, 1.82) is 0 Å². The van der Waals surface area contributed by atoms with Crippen LogP contribution in [-0.2, 0) is 27.3 Å². The third-order valence-corrected chi connectivity index (χ3v) is 7.74. The van der Waals surface area contributed by atoms with Crippen LogP contribution in [0.5, 0.6) is 0 Å². The molecule has 1 aliphatic heterocycles. The number of hydrogen-bond donors (Lipinski definition) is 3. The highest BCUT2D eigenvalue weighted by atomic mass is 32.2. The smallest absolute Gasteiger partial charge is 0.254 e. The fraction of sp³-hybridized carbons (Fsp3) is 0.393. The second-order valence-corrected chi connectivity index (χ2v) is 11.1. The Morgan fingerprint density at radius 2 is 1.81 bits per heavy atom. The van der Waals surface area contributed by atoms with Gasteiger partial charge in [-0.1, -0.05) is 60.7 Å². The van der Waals surface area contributed by atoms with Crippen LogP contribution in [0.25, 0.3) is 0 Å². The van der Waals surface area contributed by atoms with Crippen molar-refractivity contribution >= 4 is 29.5 Å². The number of carbonyl (C=O) groups is 3. The molecule has 0 saturated carbocycles. The van der Waals surface area contributed by atoms with E-state index >= 15 is 0 Å². The van der Waals surface area contributed by atoms with Crippen molar-refractivity contribution in [2.24, 2.45) is 0 Å². The Labute approximate surface area is 217 Å². The summed E-state index contributed by atoms with van der Waals surface area (Å²) in [5.74, 6) is -0.974. The SMILES string of the molecule is CC=CC(=O)N[C@@H](Cc1ccccc1)[C@H](O)C(=O)N1CSC(C)(C)[C@H]1C(=O)NCc1ccccc1C. The Morgan fingerprint density at radius 1 is 1.14 bits per heavy atom. The molecule has 3 amide bonds. The number of benzene rings is 2. The number of rotatable bonds is 9. The first-order valence-corrected chi connectivity index (χ1v) is 13.0. The number of amides is 3. The van der Waals surface area contributed by atoms with Gasteiger partial charge in [0.05, 0.1) is 11.9 Å². The van der Waals surface area contributed by atoms with Gasteiger partial charge in [0.2, 0.25) is 11.8 Å². The van der Waals surface area contributed by atoms with Crippen LogP contribution in [0, 0.1) is 6.92 Å². The van der Waals surface area contributed by atoms with Crippen molar-refractivity contribution in [3.63, 3.8) is 0 Å². The number of thioether (sulfide) groups is 1. The number of aryl methyl sites for hydroxylation is 1. The summed E-state index contributed by atoms with van der Waals surface area (Å²) in [6, 6.07) is 15.5. The molecule has 1 aliphatic rings. The lowest BCUT2D eigenvalue weighted by Gasteiger charge is -2.33. The molecule has 8 heteroatoms. The van der Waals surface area contributed by atoms with Gasteiger partial charge in [0, 0.05) is 11.3 Å². The molecule has 7 nitrogen and oxygen atoms in total. The molecule has 192 valence electrons. The largest absolute Gasteiger partial charge is 0.381 e. The fourth-order valence-electron chi connectivity index (χ4n) is 4.33. The second kappa shape index (κ2) is 12.2. The normalized spacial score (nSPS) is 18.6. The summed E-state index contributed by atoms with van der Waals surface area (Å²) in [6.07, 6.45) is 1.70. The minimum atomic E-state index is -1.51. The van der Waals surface area contributed by atoms with E-state index in [1.165, 1.54) is 22.7 Å². The number of aliphatic hydroxyl groups excluding tert-OH is 1. The first kappa shape index (κ1) is 27.5.